The predicted octanol–water partition coefficient (Wildman–Crippen LogP) is -0.797. The van der Waals surface area contributed by atoms with Crippen LogP contribution in [0.25, 0.3) is 6.20 Å². The van der Waals surface area contributed by atoms with E-state index >= 15 is 0 Å². The highest BCUT2D eigenvalue weighted by molar-refractivity contribution is 4.91. The van der Waals surface area contributed by atoms with Crippen molar-refractivity contribution in [2.45, 2.75) is 0 Å². The standard InChI is InChI=1S/C4H7N4/c1-3-8-4-5-6-7(8)2/h3-4H,1H2,2H3/q+1. The molecule has 0 aromatic carbocycles. The second-order valence-corrected chi connectivity index (χ2v) is 1.37. The van der Waals surface area contributed by atoms with Crippen LogP contribution in [-0.2, 0) is 7.05 Å². The van der Waals surface area contributed by atoms with E-state index < -0.39 is 0 Å². The summed E-state index contributed by atoms with van der Waals surface area (Å²) in [6, 6.07) is 0. The van der Waals surface area contributed by atoms with E-state index in [2.05, 4.69) is 16.9 Å². The molecule has 0 radical (unpaired) electrons. The largest absolute Gasteiger partial charge is 0.293 e. The van der Waals surface area contributed by atoms with Crippen LogP contribution in [0.4, 0.5) is 0 Å². The van der Waals surface area contributed by atoms with Crippen LogP contribution in [0.2, 0.25) is 0 Å². The summed E-state index contributed by atoms with van der Waals surface area (Å²) in [5.74, 6) is 0. The molecule has 1 rings (SSSR count). The Bertz CT molecular complexity index is 190. The van der Waals surface area contributed by atoms with Gasteiger partial charge in [-0.2, -0.15) is 0 Å². The van der Waals surface area contributed by atoms with Crippen molar-refractivity contribution in [3.63, 3.8) is 0 Å². The molecule has 0 atom stereocenters. The minimum atomic E-state index is 1.58. The predicted molar refractivity (Wildman–Crippen MR) is 27.6 cm³/mol. The van der Waals surface area contributed by atoms with Crippen LogP contribution < -0.4 is 4.68 Å². The summed E-state index contributed by atoms with van der Waals surface area (Å²) in [6.45, 7) is 3.53. The Kier molecular flexibility index (Phi) is 1.07. The third kappa shape index (κ3) is 0.598. The van der Waals surface area contributed by atoms with E-state index in [4.69, 9.17) is 0 Å². The number of nitrogens with zero attached hydrogens (tertiary/aromatic N) is 4. The molecule has 1 aromatic heterocycles. The number of aryl methyl sites for hydroxylation is 1. The van der Waals surface area contributed by atoms with Crippen molar-refractivity contribution in [3.8, 4) is 0 Å². The van der Waals surface area contributed by atoms with E-state index in [1.54, 1.807) is 29.1 Å². The first-order chi connectivity index (χ1) is 3.84. The van der Waals surface area contributed by atoms with E-state index in [-0.39, 0.29) is 0 Å². The molecule has 0 bridgehead atoms. The fourth-order valence-corrected chi connectivity index (χ4v) is 0.437. The SMILES string of the molecule is C=C[n+]1cnnn1C. The Morgan fingerprint density at radius 2 is 2.62 bits per heavy atom. The lowest BCUT2D eigenvalue weighted by molar-refractivity contribution is -0.663. The minimum Gasteiger partial charge on any atom is -0.136 e. The van der Waals surface area contributed by atoms with Crippen molar-refractivity contribution in [1.82, 2.24) is 15.1 Å². The average Bonchev–Trinajstić information content (AvgIpc) is 2.14. The molecule has 0 saturated heterocycles. The minimum absolute atomic E-state index is 1.58. The van der Waals surface area contributed by atoms with E-state index in [1.165, 1.54) is 0 Å². The molecule has 42 valence electrons. The molecule has 0 amide bonds. The van der Waals surface area contributed by atoms with Gasteiger partial charge in [-0.05, 0) is 0 Å². The maximum Gasteiger partial charge on any atom is 0.293 e. The molecule has 0 fully saturated rings. The zero-order valence-corrected chi connectivity index (χ0v) is 4.65. The lowest BCUT2D eigenvalue weighted by atomic mass is 11.0. The highest BCUT2D eigenvalue weighted by atomic mass is 15.6. The number of hydrogen-bond donors (Lipinski definition) is 0. The average molecular weight is 111 g/mol. The monoisotopic (exact) mass is 111 g/mol. The van der Waals surface area contributed by atoms with Crippen LogP contribution >= 0.6 is 0 Å². The lowest BCUT2D eigenvalue weighted by Gasteiger charge is -1.81. The topological polar surface area (TPSA) is 34.6 Å². The molecule has 0 spiro atoms. The van der Waals surface area contributed by atoms with Crippen molar-refractivity contribution in [2.75, 3.05) is 0 Å². The van der Waals surface area contributed by atoms with E-state index in [1.807, 2.05) is 0 Å². The normalized spacial score (nSPS) is 9.12. The zero-order chi connectivity index (χ0) is 5.98. The molecule has 8 heavy (non-hydrogen) atoms. The Hall–Kier alpha value is -1.19. The Morgan fingerprint density at radius 3 is 2.88 bits per heavy atom. The van der Waals surface area contributed by atoms with Crippen LogP contribution in [-0.4, -0.2) is 15.1 Å². The molecular weight excluding hydrogens is 104 g/mol. The van der Waals surface area contributed by atoms with E-state index in [0.717, 1.165) is 0 Å². The molecule has 0 aliphatic carbocycles. The van der Waals surface area contributed by atoms with Gasteiger partial charge in [0.1, 0.15) is 5.10 Å². The smallest absolute Gasteiger partial charge is 0.136 e. The van der Waals surface area contributed by atoms with Crippen molar-refractivity contribution in [1.29, 1.82) is 0 Å². The van der Waals surface area contributed by atoms with Gasteiger partial charge >= 0.3 is 0 Å². The molecule has 0 aliphatic rings. The molecule has 0 unspecified atom stereocenters. The van der Waals surface area contributed by atoms with Gasteiger partial charge in [0.15, 0.2) is 5.21 Å². The van der Waals surface area contributed by atoms with Crippen molar-refractivity contribution >= 4 is 6.20 Å². The third-order valence-corrected chi connectivity index (χ3v) is 0.872. The molecule has 1 aromatic rings. The summed E-state index contributed by atoms with van der Waals surface area (Å²) >= 11 is 0. The number of rotatable bonds is 1. The summed E-state index contributed by atoms with van der Waals surface area (Å²) < 4.78 is 1.67. The molecule has 0 saturated carbocycles. The second kappa shape index (κ2) is 1.73. The number of aromatic nitrogens is 4. The van der Waals surface area contributed by atoms with Gasteiger partial charge in [-0.25, -0.2) is 0 Å². The van der Waals surface area contributed by atoms with Gasteiger partial charge in [-0.1, -0.05) is 11.4 Å². The van der Waals surface area contributed by atoms with Gasteiger partial charge in [0, 0.05) is 0 Å². The first-order valence-electron chi connectivity index (χ1n) is 2.23. The summed E-state index contributed by atoms with van der Waals surface area (Å²) in [5, 5.41) is 7.24. The van der Waals surface area contributed by atoms with Crippen LogP contribution in [0.15, 0.2) is 12.9 Å². The highest BCUT2D eigenvalue weighted by Crippen LogP contribution is 1.60. The molecule has 0 aliphatic heterocycles. The Balaban J connectivity index is 3.09. The van der Waals surface area contributed by atoms with Crippen LogP contribution in [0.1, 0.15) is 0 Å². The van der Waals surface area contributed by atoms with Crippen molar-refractivity contribution in [2.24, 2.45) is 7.05 Å². The number of tetrazole rings is 1. The third-order valence-electron chi connectivity index (χ3n) is 0.872. The van der Waals surface area contributed by atoms with Gasteiger partial charge in [0.2, 0.25) is 0 Å². The molecule has 4 nitrogen and oxygen atoms in total. The highest BCUT2D eigenvalue weighted by Gasteiger charge is 1.96. The lowest BCUT2D eigenvalue weighted by Crippen LogP contribution is -2.34. The van der Waals surface area contributed by atoms with Gasteiger partial charge in [-0.3, -0.25) is 0 Å². The van der Waals surface area contributed by atoms with Crippen LogP contribution in [0.5, 0.6) is 0 Å². The van der Waals surface area contributed by atoms with Gasteiger partial charge in [0.05, 0.1) is 13.2 Å². The first-order valence-corrected chi connectivity index (χ1v) is 2.23. The summed E-state index contributed by atoms with van der Waals surface area (Å²) in [5.41, 5.74) is 0. The van der Waals surface area contributed by atoms with Gasteiger partial charge < -0.3 is 0 Å². The van der Waals surface area contributed by atoms with Crippen molar-refractivity contribution < 1.29 is 4.68 Å². The molecule has 4 heteroatoms. The van der Waals surface area contributed by atoms with E-state index in [0.29, 0.717) is 0 Å². The van der Waals surface area contributed by atoms with Gasteiger partial charge in [0.25, 0.3) is 6.33 Å². The Labute approximate surface area is 47.0 Å². The van der Waals surface area contributed by atoms with Crippen LogP contribution in [0.3, 0.4) is 0 Å². The summed E-state index contributed by atoms with van der Waals surface area (Å²) in [7, 11) is 1.79. The molecule has 1 heterocycles. The second-order valence-electron chi connectivity index (χ2n) is 1.37. The zero-order valence-electron chi connectivity index (χ0n) is 4.65. The maximum atomic E-state index is 3.65. The van der Waals surface area contributed by atoms with Crippen LogP contribution in [0, 0.1) is 0 Å². The summed E-state index contributed by atoms with van der Waals surface area (Å²) in [6.07, 6.45) is 3.20. The first kappa shape index (κ1) is 4.96. The number of hydrogen-bond acceptors (Lipinski definition) is 2. The Morgan fingerprint density at radius 1 is 1.88 bits per heavy atom. The van der Waals surface area contributed by atoms with E-state index in [9.17, 15) is 0 Å². The fraction of sp³-hybridized carbons (Fsp3) is 0.250. The fourth-order valence-electron chi connectivity index (χ4n) is 0.437. The van der Waals surface area contributed by atoms with Gasteiger partial charge in [-0.15, -0.1) is 4.68 Å². The molecular formula is C4H7N4+. The molecule has 0 N–H and O–H groups in total. The quantitative estimate of drug-likeness (QED) is 0.445. The summed E-state index contributed by atoms with van der Waals surface area (Å²) in [4.78, 5) is 1.58. The maximum absolute atomic E-state index is 3.65. The van der Waals surface area contributed by atoms with Crippen molar-refractivity contribution in [3.05, 3.63) is 12.9 Å².